The van der Waals surface area contributed by atoms with Crippen molar-refractivity contribution in [2.45, 2.75) is 19.8 Å². The minimum Gasteiger partial charge on any atom is -0.497 e. The molecule has 0 aliphatic carbocycles. The number of hydrogen-bond donors (Lipinski definition) is 0. The van der Waals surface area contributed by atoms with Crippen LogP contribution in [0.25, 0.3) is 55.7 Å². The van der Waals surface area contributed by atoms with Crippen LogP contribution in [0.5, 0.6) is 17.2 Å². The van der Waals surface area contributed by atoms with Crippen LogP contribution in [-0.4, -0.2) is 45.5 Å². The summed E-state index contributed by atoms with van der Waals surface area (Å²) in [6.45, 7) is 2.20. The number of aromatic nitrogens is 5. The summed E-state index contributed by atoms with van der Waals surface area (Å²) in [6, 6.07) is 39.2. The summed E-state index contributed by atoms with van der Waals surface area (Å²) in [7, 11) is 5.74. The summed E-state index contributed by atoms with van der Waals surface area (Å²) in [4.78, 5) is 11.2. The number of para-hydroxylation sites is 1. The van der Waals surface area contributed by atoms with Crippen molar-refractivity contribution < 1.29 is 9.47 Å². The lowest BCUT2D eigenvalue weighted by Gasteiger charge is -2.18. The van der Waals surface area contributed by atoms with Gasteiger partial charge >= 0.3 is 0 Å². The normalized spacial score (nSPS) is 11.3. The van der Waals surface area contributed by atoms with Gasteiger partial charge in [0.25, 0.3) is 0 Å². The number of nitrogens with zero attached hydrogens (tertiary/aromatic N) is 6. The molecule has 0 saturated carbocycles. The first-order valence-electron chi connectivity index (χ1n) is 17.1. The van der Waals surface area contributed by atoms with Gasteiger partial charge in [0.05, 0.1) is 29.4 Å². The highest BCUT2D eigenvalue weighted by Gasteiger charge is 2.24. The first-order valence-corrected chi connectivity index (χ1v) is 17.1. The van der Waals surface area contributed by atoms with Crippen molar-refractivity contribution in [2.24, 2.45) is 0 Å². The van der Waals surface area contributed by atoms with Crippen molar-refractivity contribution in [1.29, 1.82) is 0 Å². The average Bonchev–Trinajstić information content (AvgIpc) is 3.73. The molecule has 0 unspecified atom stereocenters. The van der Waals surface area contributed by atoms with Crippen LogP contribution >= 0.6 is 0 Å². The summed E-state index contributed by atoms with van der Waals surface area (Å²) in [6.07, 6.45) is 7.57. The van der Waals surface area contributed by atoms with Crippen LogP contribution in [-0.2, 0) is 6.42 Å². The maximum absolute atomic E-state index is 6.67. The molecule has 0 atom stereocenters. The predicted octanol–water partition coefficient (Wildman–Crippen LogP) is 9.91. The summed E-state index contributed by atoms with van der Waals surface area (Å²) in [5.41, 5.74) is 8.11. The predicted molar refractivity (Wildman–Crippen MR) is 206 cm³/mol. The van der Waals surface area contributed by atoms with Crippen LogP contribution in [0, 0.1) is 0 Å². The lowest BCUT2D eigenvalue weighted by Crippen LogP contribution is -2.15. The molecular weight excluding hydrogens is 633 g/mol. The largest absolute Gasteiger partial charge is 0.497 e. The van der Waals surface area contributed by atoms with E-state index in [0.717, 1.165) is 69.0 Å². The Bertz CT molecular complexity index is 2480. The van der Waals surface area contributed by atoms with E-state index in [4.69, 9.17) is 19.6 Å². The molecule has 0 radical (unpaired) electrons. The van der Waals surface area contributed by atoms with Gasteiger partial charge in [-0.05, 0) is 60.0 Å². The summed E-state index contributed by atoms with van der Waals surface area (Å²) < 4.78 is 16.7. The molecular formula is C43H38N6O2. The highest BCUT2D eigenvalue weighted by atomic mass is 16.5. The van der Waals surface area contributed by atoms with Crippen LogP contribution < -0.4 is 14.4 Å². The Kier molecular flexibility index (Phi) is 8.41. The van der Waals surface area contributed by atoms with E-state index in [-0.39, 0.29) is 0 Å². The molecule has 8 rings (SSSR count). The maximum Gasteiger partial charge on any atom is 0.140 e. The van der Waals surface area contributed by atoms with Crippen LogP contribution in [0.2, 0.25) is 0 Å². The number of benzene rings is 4. The third-order valence-corrected chi connectivity index (χ3v) is 9.10. The van der Waals surface area contributed by atoms with Gasteiger partial charge in [-0.15, -0.1) is 0 Å². The van der Waals surface area contributed by atoms with E-state index in [2.05, 4.69) is 82.0 Å². The monoisotopic (exact) mass is 670 g/mol. The van der Waals surface area contributed by atoms with Gasteiger partial charge < -0.3 is 14.4 Å². The van der Waals surface area contributed by atoms with E-state index in [1.807, 2.05) is 79.6 Å². The smallest absolute Gasteiger partial charge is 0.140 e. The maximum atomic E-state index is 6.67. The van der Waals surface area contributed by atoms with Crippen molar-refractivity contribution in [2.75, 3.05) is 26.1 Å². The van der Waals surface area contributed by atoms with E-state index < -0.39 is 0 Å². The number of anilines is 1. The second-order valence-electron chi connectivity index (χ2n) is 12.7. The molecule has 0 spiro atoms. The molecule has 0 amide bonds. The minimum absolute atomic E-state index is 0.626. The number of ether oxygens (including phenoxy) is 2. The van der Waals surface area contributed by atoms with Gasteiger partial charge in [-0.1, -0.05) is 61.9 Å². The standard InChI is InChI=1S/C43H38N6O2/c1-5-11-29-18-23-45-40(24-29)48-38-15-10-9-14-36(38)37-17-16-33(28-39(37)48)51-35-26-32(25-34(27-35)50-4)49-43(47(2)3)41(30-12-7-6-8-13-30)42(46-49)31-19-21-44-22-20-31/h6-10,12-28H,5,11H2,1-4H3. The van der Waals surface area contributed by atoms with Gasteiger partial charge in [0.2, 0.25) is 0 Å². The van der Waals surface area contributed by atoms with E-state index >= 15 is 0 Å². The highest BCUT2D eigenvalue weighted by Crippen LogP contribution is 2.42. The first kappa shape index (κ1) is 31.8. The highest BCUT2D eigenvalue weighted by molar-refractivity contribution is 6.09. The van der Waals surface area contributed by atoms with Gasteiger partial charge in [0.1, 0.15) is 34.6 Å². The molecule has 51 heavy (non-hydrogen) atoms. The Morgan fingerprint density at radius 1 is 0.686 bits per heavy atom. The van der Waals surface area contributed by atoms with E-state index in [1.165, 1.54) is 10.9 Å². The Labute approximate surface area is 297 Å². The third kappa shape index (κ3) is 5.95. The number of pyridine rings is 2. The summed E-state index contributed by atoms with van der Waals surface area (Å²) >= 11 is 0. The lowest BCUT2D eigenvalue weighted by atomic mass is 10.0. The van der Waals surface area contributed by atoms with Crippen LogP contribution in [0.4, 0.5) is 5.82 Å². The number of methoxy groups -OCH3 is 1. The molecule has 0 aliphatic heterocycles. The number of rotatable bonds is 10. The van der Waals surface area contributed by atoms with Crippen molar-refractivity contribution in [3.63, 3.8) is 0 Å². The Morgan fingerprint density at radius 2 is 1.45 bits per heavy atom. The molecule has 8 heteroatoms. The van der Waals surface area contributed by atoms with Gasteiger partial charge in [-0.25, -0.2) is 9.67 Å². The van der Waals surface area contributed by atoms with Crippen molar-refractivity contribution in [1.82, 2.24) is 24.3 Å². The SMILES string of the molecule is CCCc1ccnc(-n2c3ccccc3c3ccc(Oc4cc(OC)cc(-n5nc(-c6ccncc6)c(-c6ccccc6)c5N(C)C)c4)cc32)c1. The molecule has 252 valence electrons. The van der Waals surface area contributed by atoms with Crippen LogP contribution in [0.1, 0.15) is 18.9 Å². The zero-order valence-corrected chi connectivity index (χ0v) is 29.1. The Hall–Kier alpha value is -6.41. The van der Waals surface area contributed by atoms with Crippen molar-refractivity contribution in [3.05, 3.63) is 139 Å². The topological polar surface area (TPSA) is 70.2 Å². The van der Waals surface area contributed by atoms with Gasteiger partial charge in [0, 0.05) is 73.3 Å². The minimum atomic E-state index is 0.626. The number of fused-ring (bicyclic) bond motifs is 3. The molecule has 0 N–H and O–H groups in total. The zero-order valence-electron chi connectivity index (χ0n) is 29.1. The summed E-state index contributed by atoms with van der Waals surface area (Å²) in [5, 5.41) is 7.53. The van der Waals surface area contributed by atoms with Crippen LogP contribution in [0.15, 0.2) is 134 Å². The molecule has 0 fully saturated rings. The molecule has 4 aromatic carbocycles. The molecule has 4 heterocycles. The Morgan fingerprint density at radius 3 is 2.24 bits per heavy atom. The zero-order chi connectivity index (χ0) is 34.9. The molecule has 0 aliphatic rings. The molecule has 0 bridgehead atoms. The van der Waals surface area contributed by atoms with Gasteiger partial charge in [0.15, 0.2) is 0 Å². The van der Waals surface area contributed by atoms with E-state index in [1.54, 1.807) is 19.5 Å². The molecule has 4 aromatic heterocycles. The van der Waals surface area contributed by atoms with E-state index in [0.29, 0.717) is 17.2 Å². The average molecular weight is 671 g/mol. The fourth-order valence-corrected chi connectivity index (χ4v) is 6.86. The second-order valence-corrected chi connectivity index (χ2v) is 12.7. The number of hydrogen-bond acceptors (Lipinski definition) is 6. The van der Waals surface area contributed by atoms with Crippen molar-refractivity contribution in [3.8, 4) is 51.1 Å². The lowest BCUT2D eigenvalue weighted by molar-refractivity contribution is 0.408. The van der Waals surface area contributed by atoms with Crippen molar-refractivity contribution >= 4 is 27.6 Å². The van der Waals surface area contributed by atoms with E-state index in [9.17, 15) is 0 Å². The summed E-state index contributed by atoms with van der Waals surface area (Å²) in [5.74, 6) is 3.80. The third-order valence-electron chi connectivity index (χ3n) is 9.10. The molecule has 8 aromatic rings. The Balaban J connectivity index is 1.26. The molecule has 8 nitrogen and oxygen atoms in total. The fraction of sp³-hybridized carbons (Fsp3) is 0.140. The quantitative estimate of drug-likeness (QED) is 0.144. The fourth-order valence-electron chi connectivity index (χ4n) is 6.86. The first-order chi connectivity index (χ1) is 25.0. The van der Waals surface area contributed by atoms with Gasteiger partial charge in [-0.3, -0.25) is 9.55 Å². The van der Waals surface area contributed by atoms with Crippen LogP contribution in [0.3, 0.4) is 0 Å². The van der Waals surface area contributed by atoms with Gasteiger partial charge in [-0.2, -0.15) is 5.10 Å². The molecule has 0 saturated heterocycles. The second kappa shape index (κ2) is 13.5. The number of aryl methyl sites for hydroxylation is 1.